The first-order chi connectivity index (χ1) is 8.72. The van der Waals surface area contributed by atoms with Crippen molar-refractivity contribution in [2.24, 2.45) is 0 Å². The highest BCUT2D eigenvalue weighted by molar-refractivity contribution is 7.97. The van der Waals surface area contributed by atoms with Crippen LogP contribution in [0, 0.1) is 0 Å². The van der Waals surface area contributed by atoms with Crippen molar-refractivity contribution in [2.75, 3.05) is 6.26 Å². The van der Waals surface area contributed by atoms with Gasteiger partial charge in [0.2, 0.25) is 5.89 Å². The topological polar surface area (TPSA) is 56.0 Å². The van der Waals surface area contributed by atoms with Crippen molar-refractivity contribution in [2.45, 2.75) is 18.6 Å². The molecule has 0 N–H and O–H groups in total. The number of nitrogens with zero attached hydrogens (tertiary/aromatic N) is 2. The van der Waals surface area contributed by atoms with Crippen LogP contribution in [-0.2, 0) is 5.75 Å². The van der Waals surface area contributed by atoms with Crippen molar-refractivity contribution >= 4 is 17.5 Å². The van der Waals surface area contributed by atoms with Crippen LogP contribution in [0.4, 0.5) is 0 Å². The number of thioether (sulfide) groups is 1. The molecule has 18 heavy (non-hydrogen) atoms. The van der Waals surface area contributed by atoms with Crippen LogP contribution in [0.25, 0.3) is 0 Å². The molecule has 5 heteroatoms. The molecule has 1 heterocycles. The first kappa shape index (κ1) is 12.8. The van der Waals surface area contributed by atoms with E-state index in [0.717, 1.165) is 0 Å². The summed E-state index contributed by atoms with van der Waals surface area (Å²) in [5.74, 6) is 1.29. The molecule has 1 unspecified atom stereocenters. The molecule has 0 fully saturated rings. The van der Waals surface area contributed by atoms with E-state index < -0.39 is 5.92 Å². The Labute approximate surface area is 110 Å². The Bertz CT molecular complexity index is 525. The highest BCUT2D eigenvalue weighted by Crippen LogP contribution is 2.19. The second-order valence-electron chi connectivity index (χ2n) is 3.93. The van der Waals surface area contributed by atoms with Gasteiger partial charge in [-0.15, -0.1) is 0 Å². The van der Waals surface area contributed by atoms with E-state index in [2.05, 4.69) is 10.1 Å². The number of rotatable bonds is 5. The van der Waals surface area contributed by atoms with E-state index in [9.17, 15) is 4.79 Å². The fourth-order valence-electron chi connectivity index (χ4n) is 1.60. The van der Waals surface area contributed by atoms with E-state index in [1.807, 2.05) is 24.5 Å². The monoisotopic (exact) mass is 262 g/mol. The number of aromatic nitrogens is 2. The summed E-state index contributed by atoms with van der Waals surface area (Å²) in [6, 6.07) is 9.14. The Hall–Kier alpha value is -1.62. The zero-order valence-corrected chi connectivity index (χ0v) is 11.1. The summed E-state index contributed by atoms with van der Waals surface area (Å²) in [6.45, 7) is 1.78. The minimum Gasteiger partial charge on any atom is -0.339 e. The van der Waals surface area contributed by atoms with E-state index in [-0.39, 0.29) is 5.78 Å². The van der Waals surface area contributed by atoms with Gasteiger partial charge in [-0.25, -0.2) is 0 Å². The SMILES string of the molecule is CSCc1noc(C(C)C(=O)c2ccccc2)n1. The molecule has 0 spiro atoms. The number of hydrogen-bond acceptors (Lipinski definition) is 5. The maximum atomic E-state index is 12.2. The van der Waals surface area contributed by atoms with Gasteiger partial charge in [0.1, 0.15) is 0 Å². The van der Waals surface area contributed by atoms with Crippen LogP contribution in [0.15, 0.2) is 34.9 Å². The molecule has 2 aromatic rings. The first-order valence-electron chi connectivity index (χ1n) is 5.63. The molecule has 0 saturated carbocycles. The largest absolute Gasteiger partial charge is 0.339 e. The smallest absolute Gasteiger partial charge is 0.237 e. The molecule has 1 atom stereocenters. The number of ketones is 1. The number of hydrogen-bond donors (Lipinski definition) is 0. The van der Waals surface area contributed by atoms with Gasteiger partial charge in [-0.2, -0.15) is 16.7 Å². The molecule has 0 aliphatic heterocycles. The van der Waals surface area contributed by atoms with Crippen molar-refractivity contribution in [3.63, 3.8) is 0 Å². The van der Waals surface area contributed by atoms with Crippen LogP contribution in [0.2, 0.25) is 0 Å². The van der Waals surface area contributed by atoms with Crippen molar-refractivity contribution in [1.82, 2.24) is 10.1 Å². The molecule has 0 amide bonds. The lowest BCUT2D eigenvalue weighted by atomic mass is 9.99. The van der Waals surface area contributed by atoms with Crippen LogP contribution in [0.5, 0.6) is 0 Å². The third kappa shape index (κ3) is 2.79. The van der Waals surface area contributed by atoms with Gasteiger partial charge in [-0.3, -0.25) is 4.79 Å². The van der Waals surface area contributed by atoms with Crippen LogP contribution in [0.1, 0.15) is 34.9 Å². The molecule has 0 bridgehead atoms. The van der Waals surface area contributed by atoms with Gasteiger partial charge in [0.05, 0.1) is 11.7 Å². The summed E-state index contributed by atoms with van der Waals surface area (Å²) in [5, 5.41) is 3.84. The molecule has 4 nitrogen and oxygen atoms in total. The number of benzene rings is 1. The summed E-state index contributed by atoms with van der Waals surface area (Å²) in [6.07, 6.45) is 1.97. The average molecular weight is 262 g/mol. The van der Waals surface area contributed by atoms with Crippen molar-refractivity contribution < 1.29 is 9.32 Å². The lowest BCUT2D eigenvalue weighted by Gasteiger charge is -2.04. The van der Waals surface area contributed by atoms with E-state index in [1.165, 1.54) is 0 Å². The van der Waals surface area contributed by atoms with Gasteiger partial charge in [0.15, 0.2) is 11.6 Å². The predicted molar refractivity (Wildman–Crippen MR) is 70.7 cm³/mol. The molecular formula is C13H14N2O2S. The quantitative estimate of drug-likeness (QED) is 0.775. The Morgan fingerprint density at radius 1 is 1.39 bits per heavy atom. The zero-order valence-electron chi connectivity index (χ0n) is 10.3. The molecule has 94 valence electrons. The van der Waals surface area contributed by atoms with Gasteiger partial charge in [-0.05, 0) is 13.2 Å². The third-order valence-electron chi connectivity index (χ3n) is 2.58. The van der Waals surface area contributed by atoms with E-state index in [0.29, 0.717) is 23.0 Å². The van der Waals surface area contributed by atoms with Crippen LogP contribution < -0.4 is 0 Å². The van der Waals surface area contributed by atoms with E-state index in [4.69, 9.17) is 4.52 Å². The molecule has 1 aromatic carbocycles. The second kappa shape index (κ2) is 5.82. The highest BCUT2D eigenvalue weighted by atomic mass is 32.2. The number of carbonyl (C=O) groups excluding carboxylic acids is 1. The van der Waals surface area contributed by atoms with Gasteiger partial charge in [0.25, 0.3) is 0 Å². The van der Waals surface area contributed by atoms with Gasteiger partial charge in [-0.1, -0.05) is 35.5 Å². The summed E-state index contributed by atoms with van der Waals surface area (Å²) in [7, 11) is 0. The third-order valence-corrected chi connectivity index (χ3v) is 3.13. The molecule has 2 rings (SSSR count). The summed E-state index contributed by atoms with van der Waals surface area (Å²) < 4.78 is 5.13. The molecule has 0 aliphatic rings. The highest BCUT2D eigenvalue weighted by Gasteiger charge is 2.22. The molecular weight excluding hydrogens is 248 g/mol. The second-order valence-corrected chi connectivity index (χ2v) is 4.80. The Morgan fingerprint density at radius 3 is 2.78 bits per heavy atom. The Morgan fingerprint density at radius 2 is 2.11 bits per heavy atom. The maximum Gasteiger partial charge on any atom is 0.237 e. The molecule has 0 radical (unpaired) electrons. The van der Waals surface area contributed by atoms with E-state index >= 15 is 0 Å². The van der Waals surface area contributed by atoms with Gasteiger partial charge < -0.3 is 4.52 Å². The van der Waals surface area contributed by atoms with Crippen molar-refractivity contribution in [3.05, 3.63) is 47.6 Å². The fraction of sp³-hybridized carbons (Fsp3) is 0.308. The van der Waals surface area contributed by atoms with Gasteiger partial charge in [0, 0.05) is 5.56 Å². The molecule has 1 aromatic heterocycles. The minimum atomic E-state index is -0.407. The first-order valence-corrected chi connectivity index (χ1v) is 7.02. The minimum absolute atomic E-state index is 0.00467. The maximum absolute atomic E-state index is 12.2. The van der Waals surface area contributed by atoms with Crippen molar-refractivity contribution in [1.29, 1.82) is 0 Å². The zero-order chi connectivity index (χ0) is 13.0. The van der Waals surface area contributed by atoms with Crippen LogP contribution in [-0.4, -0.2) is 22.2 Å². The van der Waals surface area contributed by atoms with Gasteiger partial charge >= 0.3 is 0 Å². The number of carbonyl (C=O) groups is 1. The average Bonchev–Trinajstić information content (AvgIpc) is 2.87. The normalized spacial score (nSPS) is 12.3. The predicted octanol–water partition coefficient (Wildman–Crippen LogP) is 2.92. The summed E-state index contributed by atoms with van der Waals surface area (Å²) >= 11 is 1.61. The van der Waals surface area contributed by atoms with Crippen LogP contribution >= 0.6 is 11.8 Å². The molecule has 0 aliphatic carbocycles. The Balaban J connectivity index is 2.15. The summed E-state index contributed by atoms with van der Waals surface area (Å²) in [5.41, 5.74) is 0.662. The standard InChI is InChI=1S/C13H14N2O2S/c1-9(12(16)10-6-4-3-5-7-10)13-14-11(8-18-2)15-17-13/h3-7,9H,8H2,1-2H3. The Kier molecular flexibility index (Phi) is 4.15. The van der Waals surface area contributed by atoms with Crippen molar-refractivity contribution in [3.8, 4) is 0 Å². The molecule has 0 saturated heterocycles. The van der Waals surface area contributed by atoms with E-state index in [1.54, 1.807) is 30.8 Å². The lowest BCUT2D eigenvalue weighted by Crippen LogP contribution is -2.09. The lowest BCUT2D eigenvalue weighted by molar-refractivity contribution is 0.0951. The fourth-order valence-corrected chi connectivity index (χ4v) is 1.97. The van der Waals surface area contributed by atoms with Crippen LogP contribution in [0.3, 0.4) is 0 Å². The number of Topliss-reactive ketones (excluding diaryl/α,β-unsaturated/α-hetero) is 1. The summed E-state index contributed by atoms with van der Waals surface area (Å²) in [4.78, 5) is 16.4.